The molecule has 0 N–H and O–H groups in total. The van der Waals surface area contributed by atoms with Gasteiger partial charge >= 0.3 is 12.4 Å². The van der Waals surface area contributed by atoms with Crippen molar-refractivity contribution in [1.29, 1.82) is 0 Å². The van der Waals surface area contributed by atoms with Crippen molar-refractivity contribution in [2.45, 2.75) is 27.6 Å². The maximum absolute atomic E-state index is 13.7. The Morgan fingerprint density at radius 3 is 1.00 bits per heavy atom. The van der Waals surface area contributed by atoms with Gasteiger partial charge in [0, 0.05) is 9.79 Å². The molecule has 2 aromatic rings. The fourth-order valence-corrected chi connectivity index (χ4v) is 2.70. The summed E-state index contributed by atoms with van der Waals surface area (Å²) in [4.78, 5) is 0.524. The van der Waals surface area contributed by atoms with Gasteiger partial charge in [0.1, 0.15) is 0 Å². The lowest BCUT2D eigenvalue weighted by molar-refractivity contribution is -0.288. The van der Waals surface area contributed by atoms with E-state index in [-0.39, 0.29) is 9.79 Å². The van der Waals surface area contributed by atoms with Crippen LogP contribution in [0.3, 0.4) is 0 Å². The van der Waals surface area contributed by atoms with Gasteiger partial charge in [-0.05, 0) is 35.4 Å². The SMILES string of the molecule is FC(F)(F)C(c1ccc(S)cc1)(c1ccc(S)cc1)C(F)(F)F. The fourth-order valence-electron chi connectivity index (χ4n) is 2.40. The van der Waals surface area contributed by atoms with Gasteiger partial charge in [0.15, 0.2) is 0 Å². The summed E-state index contributed by atoms with van der Waals surface area (Å²) >= 11 is 7.80. The van der Waals surface area contributed by atoms with E-state index in [0.29, 0.717) is 0 Å². The summed E-state index contributed by atoms with van der Waals surface area (Å²) in [5.41, 5.74) is -5.95. The minimum absolute atomic E-state index is 0.262. The molecule has 0 fully saturated rings. The van der Waals surface area contributed by atoms with Crippen molar-refractivity contribution in [1.82, 2.24) is 0 Å². The molecule has 0 nitrogen and oxygen atoms in total. The van der Waals surface area contributed by atoms with Crippen LogP contribution in [0.15, 0.2) is 58.3 Å². The highest BCUT2D eigenvalue weighted by Crippen LogP contribution is 2.56. The zero-order valence-electron chi connectivity index (χ0n) is 11.3. The Labute approximate surface area is 139 Å². The molecule has 0 radical (unpaired) electrons. The van der Waals surface area contributed by atoms with Gasteiger partial charge in [-0.3, -0.25) is 0 Å². The molecule has 23 heavy (non-hydrogen) atoms. The maximum Gasteiger partial charge on any atom is 0.411 e. The lowest BCUT2D eigenvalue weighted by Gasteiger charge is -2.38. The molecule has 0 spiro atoms. The van der Waals surface area contributed by atoms with Crippen LogP contribution in [0.4, 0.5) is 26.3 Å². The Balaban J connectivity index is 2.86. The predicted molar refractivity (Wildman–Crippen MR) is 80.3 cm³/mol. The van der Waals surface area contributed by atoms with Crippen molar-refractivity contribution in [2.75, 3.05) is 0 Å². The second-order valence-corrected chi connectivity index (χ2v) is 5.87. The highest BCUT2D eigenvalue weighted by Gasteiger charge is 2.72. The zero-order valence-corrected chi connectivity index (χ0v) is 13.1. The molecule has 0 heterocycles. The zero-order chi connectivity index (χ0) is 17.5. The monoisotopic (exact) mass is 368 g/mol. The number of thiol groups is 2. The molecule has 8 heteroatoms. The molecule has 0 aromatic heterocycles. The third kappa shape index (κ3) is 3.06. The van der Waals surface area contributed by atoms with Crippen LogP contribution in [0.1, 0.15) is 11.1 Å². The minimum Gasteiger partial charge on any atom is -0.169 e. The first-order valence-corrected chi connectivity index (χ1v) is 7.12. The van der Waals surface area contributed by atoms with Gasteiger partial charge in [-0.2, -0.15) is 26.3 Å². The normalized spacial score (nSPS) is 13.2. The van der Waals surface area contributed by atoms with Gasteiger partial charge < -0.3 is 0 Å². The van der Waals surface area contributed by atoms with E-state index in [4.69, 9.17) is 0 Å². The standard InChI is InChI=1S/C15H10F6S2/c16-14(17,18)13(15(19,20)21,9-1-5-11(22)6-2-9)10-3-7-12(23)8-4-10/h1-8,22-23H. The first-order chi connectivity index (χ1) is 10.5. The van der Waals surface area contributed by atoms with Crippen molar-refractivity contribution in [3.05, 3.63) is 59.7 Å². The quantitative estimate of drug-likeness (QED) is 0.495. The van der Waals surface area contributed by atoms with Gasteiger partial charge in [0.05, 0.1) is 0 Å². The Kier molecular flexibility index (Phi) is 4.69. The first kappa shape index (κ1) is 18.1. The van der Waals surface area contributed by atoms with Gasteiger partial charge in [-0.1, -0.05) is 24.3 Å². The number of alkyl halides is 6. The van der Waals surface area contributed by atoms with E-state index in [0.717, 1.165) is 48.5 Å². The van der Waals surface area contributed by atoms with Crippen LogP contribution >= 0.6 is 25.3 Å². The van der Waals surface area contributed by atoms with Gasteiger partial charge in [-0.25, -0.2) is 0 Å². The molecule has 2 rings (SSSR count). The van der Waals surface area contributed by atoms with E-state index < -0.39 is 28.9 Å². The van der Waals surface area contributed by atoms with Crippen molar-refractivity contribution >= 4 is 25.3 Å². The third-order valence-corrected chi connectivity index (χ3v) is 4.05. The Morgan fingerprint density at radius 1 is 0.522 bits per heavy atom. The molecule has 0 saturated carbocycles. The Hall–Kier alpha value is -1.28. The lowest BCUT2D eigenvalue weighted by atomic mass is 9.73. The van der Waals surface area contributed by atoms with E-state index in [2.05, 4.69) is 25.3 Å². The van der Waals surface area contributed by atoms with Gasteiger partial charge in [0.25, 0.3) is 0 Å². The van der Waals surface area contributed by atoms with Crippen molar-refractivity contribution in [3.8, 4) is 0 Å². The first-order valence-electron chi connectivity index (χ1n) is 6.22. The second-order valence-electron chi connectivity index (χ2n) is 4.84. The molecule has 0 atom stereocenters. The molecule has 2 aromatic carbocycles. The molecule has 0 bridgehead atoms. The topological polar surface area (TPSA) is 0 Å². The largest absolute Gasteiger partial charge is 0.411 e. The number of rotatable bonds is 2. The summed E-state index contributed by atoms with van der Waals surface area (Å²) in [5, 5.41) is 0. The summed E-state index contributed by atoms with van der Waals surface area (Å²) in [6.45, 7) is 0. The summed E-state index contributed by atoms with van der Waals surface area (Å²) in [6, 6.07) is 7.54. The van der Waals surface area contributed by atoms with Crippen LogP contribution in [0.2, 0.25) is 0 Å². The Bertz CT molecular complexity index is 610. The van der Waals surface area contributed by atoms with Crippen LogP contribution in [-0.4, -0.2) is 12.4 Å². The molecule has 0 saturated heterocycles. The van der Waals surface area contributed by atoms with E-state index in [1.54, 1.807) is 0 Å². The van der Waals surface area contributed by atoms with E-state index in [9.17, 15) is 26.3 Å². The van der Waals surface area contributed by atoms with Gasteiger partial charge in [0.2, 0.25) is 5.41 Å². The lowest BCUT2D eigenvalue weighted by Crippen LogP contribution is -2.54. The average molecular weight is 368 g/mol. The van der Waals surface area contributed by atoms with E-state index in [1.165, 1.54) is 0 Å². The summed E-state index contributed by atoms with van der Waals surface area (Å²) in [5.74, 6) is 0. The highest BCUT2D eigenvalue weighted by atomic mass is 32.1. The van der Waals surface area contributed by atoms with E-state index in [1.807, 2.05) is 0 Å². The second kappa shape index (κ2) is 5.98. The van der Waals surface area contributed by atoms with E-state index >= 15 is 0 Å². The maximum atomic E-state index is 13.7. The molecule has 0 aliphatic rings. The van der Waals surface area contributed by atoms with Crippen LogP contribution in [0.5, 0.6) is 0 Å². The third-order valence-electron chi connectivity index (χ3n) is 3.45. The van der Waals surface area contributed by atoms with Crippen LogP contribution in [0.25, 0.3) is 0 Å². The Morgan fingerprint density at radius 2 is 0.783 bits per heavy atom. The predicted octanol–water partition coefficient (Wildman–Crippen LogP) is 5.67. The number of halogens is 6. The average Bonchev–Trinajstić information content (AvgIpc) is 2.40. The van der Waals surface area contributed by atoms with Crippen LogP contribution < -0.4 is 0 Å². The number of benzene rings is 2. The highest BCUT2D eigenvalue weighted by molar-refractivity contribution is 7.80. The molecular weight excluding hydrogens is 358 g/mol. The number of hydrogen-bond donors (Lipinski definition) is 2. The van der Waals surface area contributed by atoms with Crippen molar-refractivity contribution < 1.29 is 26.3 Å². The van der Waals surface area contributed by atoms with Crippen molar-refractivity contribution in [3.63, 3.8) is 0 Å². The smallest absolute Gasteiger partial charge is 0.169 e. The molecular formula is C15H10F6S2. The molecule has 0 aliphatic heterocycles. The van der Waals surface area contributed by atoms with Crippen LogP contribution in [0, 0.1) is 0 Å². The molecule has 0 aliphatic carbocycles. The van der Waals surface area contributed by atoms with Crippen molar-refractivity contribution in [2.24, 2.45) is 0 Å². The van der Waals surface area contributed by atoms with Gasteiger partial charge in [-0.15, -0.1) is 25.3 Å². The fraction of sp³-hybridized carbons (Fsp3) is 0.200. The number of hydrogen-bond acceptors (Lipinski definition) is 2. The summed E-state index contributed by atoms with van der Waals surface area (Å²) < 4.78 is 82.1. The molecule has 124 valence electrons. The minimum atomic E-state index is -5.58. The molecule has 0 unspecified atom stereocenters. The summed E-state index contributed by atoms with van der Waals surface area (Å²) in [6.07, 6.45) is -11.2. The summed E-state index contributed by atoms with van der Waals surface area (Å²) in [7, 11) is 0. The molecule has 0 amide bonds. The van der Waals surface area contributed by atoms with Crippen LogP contribution in [-0.2, 0) is 5.41 Å².